The van der Waals surface area contributed by atoms with Crippen molar-refractivity contribution in [2.45, 2.75) is 6.92 Å². The fourth-order valence-corrected chi connectivity index (χ4v) is 3.53. The fourth-order valence-electron chi connectivity index (χ4n) is 3.22. The molecule has 0 spiro atoms. The third kappa shape index (κ3) is 3.71. The lowest BCUT2D eigenvalue weighted by atomic mass is 10.1. The third-order valence-corrected chi connectivity index (χ3v) is 5.15. The Morgan fingerprint density at radius 3 is 2.24 bits per heavy atom. The Hall–Kier alpha value is -2.27. The largest absolute Gasteiger partial charge is 0.493 e. The number of ether oxygens (including phenoxy) is 2. The Balaban J connectivity index is 1.69. The molecule has 0 aliphatic carbocycles. The molecule has 0 unspecified atom stereocenters. The maximum atomic E-state index is 5.72. The summed E-state index contributed by atoms with van der Waals surface area (Å²) in [5, 5.41) is 0. The lowest BCUT2D eigenvalue weighted by Gasteiger charge is -2.38. The summed E-state index contributed by atoms with van der Waals surface area (Å²) in [6.07, 6.45) is 0. The molecule has 0 aromatic heterocycles. The van der Waals surface area contributed by atoms with E-state index in [9.17, 15) is 0 Å². The number of methoxy groups -OCH3 is 2. The summed E-state index contributed by atoms with van der Waals surface area (Å²) in [4.78, 5) is 5.57. The van der Waals surface area contributed by atoms with E-state index in [4.69, 9.17) is 21.7 Å². The van der Waals surface area contributed by atoms with E-state index >= 15 is 0 Å². The van der Waals surface area contributed by atoms with Crippen LogP contribution in [0.25, 0.3) is 0 Å². The van der Waals surface area contributed by atoms with Gasteiger partial charge in [0.2, 0.25) is 0 Å². The Kier molecular flexibility index (Phi) is 5.43. The summed E-state index contributed by atoms with van der Waals surface area (Å²) in [6, 6.07) is 14.4. The highest BCUT2D eigenvalue weighted by molar-refractivity contribution is 7.80. The Labute approximate surface area is 155 Å². The van der Waals surface area contributed by atoms with E-state index in [1.165, 1.54) is 11.3 Å². The maximum absolute atomic E-state index is 5.72. The van der Waals surface area contributed by atoms with Gasteiger partial charge in [0.05, 0.1) is 14.2 Å². The lowest BCUT2D eigenvalue weighted by Crippen LogP contribution is -2.48. The normalized spacial score (nSPS) is 14.4. The number of anilines is 1. The van der Waals surface area contributed by atoms with E-state index in [0.717, 1.165) is 42.5 Å². The highest BCUT2D eigenvalue weighted by atomic mass is 32.1. The van der Waals surface area contributed by atoms with Gasteiger partial charge in [-0.25, -0.2) is 0 Å². The topological polar surface area (TPSA) is 24.9 Å². The second-order valence-corrected chi connectivity index (χ2v) is 6.52. The van der Waals surface area contributed by atoms with Gasteiger partial charge in [0.25, 0.3) is 0 Å². The first-order valence-corrected chi connectivity index (χ1v) is 8.86. The minimum atomic E-state index is 0.709. The molecule has 1 aliphatic rings. The number of thiocarbonyl (C=S) groups is 1. The van der Waals surface area contributed by atoms with E-state index in [2.05, 4.69) is 41.0 Å². The molecule has 5 heteroatoms. The predicted octanol–water partition coefficient (Wildman–Crippen LogP) is 3.51. The minimum Gasteiger partial charge on any atom is -0.493 e. The molecular formula is C20H24N2O2S. The van der Waals surface area contributed by atoms with E-state index < -0.39 is 0 Å². The van der Waals surface area contributed by atoms with Crippen molar-refractivity contribution in [2.75, 3.05) is 45.3 Å². The molecule has 1 fully saturated rings. The smallest absolute Gasteiger partial charge is 0.161 e. The molecule has 4 nitrogen and oxygen atoms in total. The Morgan fingerprint density at radius 1 is 0.920 bits per heavy atom. The molecule has 0 radical (unpaired) electrons. The first-order valence-electron chi connectivity index (χ1n) is 8.46. The lowest BCUT2D eigenvalue weighted by molar-refractivity contribution is 0.354. The van der Waals surface area contributed by atoms with Gasteiger partial charge in [0.15, 0.2) is 11.5 Å². The summed E-state index contributed by atoms with van der Waals surface area (Å²) < 4.78 is 10.7. The standard InChI is InChI=1S/C20H24N2O2S/c1-15-6-4-5-7-17(15)21-10-12-22(13-11-21)20(25)16-8-9-18(23-2)19(14-16)24-3/h4-9,14H,10-13H2,1-3H3. The van der Waals surface area contributed by atoms with Crippen molar-refractivity contribution in [1.29, 1.82) is 0 Å². The Bertz CT molecular complexity index is 755. The number of aryl methyl sites for hydroxylation is 1. The van der Waals surface area contributed by atoms with Crippen molar-refractivity contribution < 1.29 is 9.47 Å². The van der Waals surface area contributed by atoms with Gasteiger partial charge in [0.1, 0.15) is 4.99 Å². The summed E-state index contributed by atoms with van der Waals surface area (Å²) in [6.45, 7) is 5.94. The van der Waals surface area contributed by atoms with Crippen LogP contribution in [-0.2, 0) is 0 Å². The van der Waals surface area contributed by atoms with E-state index in [1.807, 2.05) is 18.2 Å². The Morgan fingerprint density at radius 2 is 1.60 bits per heavy atom. The molecular weight excluding hydrogens is 332 g/mol. The second kappa shape index (κ2) is 7.74. The molecule has 132 valence electrons. The molecule has 0 bridgehead atoms. The molecule has 25 heavy (non-hydrogen) atoms. The van der Waals surface area contributed by atoms with Gasteiger partial charge < -0.3 is 19.3 Å². The molecule has 2 aromatic rings. The summed E-state index contributed by atoms with van der Waals surface area (Å²) in [7, 11) is 3.28. The minimum absolute atomic E-state index is 0.709. The van der Waals surface area contributed by atoms with Crippen molar-refractivity contribution >= 4 is 22.9 Å². The van der Waals surface area contributed by atoms with E-state index in [-0.39, 0.29) is 0 Å². The van der Waals surface area contributed by atoms with Crippen molar-refractivity contribution in [2.24, 2.45) is 0 Å². The first-order chi connectivity index (χ1) is 12.1. The van der Waals surface area contributed by atoms with E-state index in [0.29, 0.717) is 5.75 Å². The van der Waals surface area contributed by atoms with Crippen LogP contribution in [0.2, 0.25) is 0 Å². The van der Waals surface area contributed by atoms with Crippen molar-refractivity contribution in [3.63, 3.8) is 0 Å². The van der Waals surface area contributed by atoms with Crippen LogP contribution in [0.15, 0.2) is 42.5 Å². The van der Waals surface area contributed by atoms with Crippen LogP contribution in [0.5, 0.6) is 11.5 Å². The van der Waals surface area contributed by atoms with Crippen LogP contribution < -0.4 is 14.4 Å². The average molecular weight is 356 g/mol. The second-order valence-electron chi connectivity index (χ2n) is 6.14. The van der Waals surface area contributed by atoms with E-state index in [1.54, 1.807) is 14.2 Å². The predicted molar refractivity (Wildman–Crippen MR) is 106 cm³/mol. The van der Waals surface area contributed by atoms with Gasteiger partial charge in [-0.1, -0.05) is 30.4 Å². The molecule has 0 saturated carbocycles. The number of hydrogen-bond acceptors (Lipinski definition) is 4. The zero-order valence-electron chi connectivity index (χ0n) is 15.0. The van der Waals surface area contributed by atoms with Gasteiger partial charge in [-0.2, -0.15) is 0 Å². The van der Waals surface area contributed by atoms with Crippen LogP contribution >= 0.6 is 12.2 Å². The van der Waals surface area contributed by atoms with Crippen molar-refractivity contribution in [3.8, 4) is 11.5 Å². The van der Waals surface area contributed by atoms with Gasteiger partial charge in [-0.05, 0) is 36.8 Å². The molecule has 0 amide bonds. The van der Waals surface area contributed by atoms with Crippen LogP contribution in [0.4, 0.5) is 5.69 Å². The number of hydrogen-bond donors (Lipinski definition) is 0. The summed E-state index contributed by atoms with van der Waals surface area (Å²) in [5.74, 6) is 1.43. The molecule has 0 atom stereocenters. The van der Waals surface area contributed by atoms with Gasteiger partial charge >= 0.3 is 0 Å². The number of benzene rings is 2. The van der Waals surface area contributed by atoms with Crippen molar-refractivity contribution in [1.82, 2.24) is 4.90 Å². The van der Waals surface area contributed by atoms with Gasteiger partial charge in [-0.15, -0.1) is 0 Å². The van der Waals surface area contributed by atoms with Crippen molar-refractivity contribution in [3.05, 3.63) is 53.6 Å². The SMILES string of the molecule is COc1ccc(C(=S)N2CCN(c3ccccc3C)CC2)cc1OC. The molecule has 2 aromatic carbocycles. The monoisotopic (exact) mass is 356 g/mol. The zero-order valence-corrected chi connectivity index (χ0v) is 15.8. The van der Waals surface area contributed by atoms with Gasteiger partial charge in [-0.3, -0.25) is 0 Å². The molecule has 1 aliphatic heterocycles. The number of nitrogens with zero attached hydrogens (tertiary/aromatic N) is 2. The number of para-hydroxylation sites is 1. The molecule has 3 rings (SSSR count). The molecule has 1 heterocycles. The third-order valence-electron chi connectivity index (χ3n) is 4.65. The van der Waals surface area contributed by atoms with Crippen LogP contribution in [0, 0.1) is 6.92 Å². The maximum Gasteiger partial charge on any atom is 0.161 e. The van der Waals surface area contributed by atoms with Gasteiger partial charge in [0, 0.05) is 37.4 Å². The highest BCUT2D eigenvalue weighted by Gasteiger charge is 2.21. The number of piperazine rings is 1. The quantitative estimate of drug-likeness (QED) is 0.781. The van der Waals surface area contributed by atoms with Crippen LogP contribution in [0.3, 0.4) is 0 Å². The summed E-state index contributed by atoms with van der Waals surface area (Å²) in [5.41, 5.74) is 3.63. The highest BCUT2D eigenvalue weighted by Crippen LogP contribution is 2.29. The van der Waals surface area contributed by atoms with Crippen LogP contribution in [-0.4, -0.2) is 50.3 Å². The first kappa shape index (κ1) is 17.5. The fraction of sp³-hybridized carbons (Fsp3) is 0.350. The zero-order chi connectivity index (χ0) is 17.8. The van der Waals surface area contributed by atoms with Crippen LogP contribution in [0.1, 0.15) is 11.1 Å². The molecule has 1 saturated heterocycles. The number of rotatable bonds is 4. The molecule has 0 N–H and O–H groups in total. The summed E-state index contributed by atoms with van der Waals surface area (Å²) >= 11 is 5.72. The average Bonchev–Trinajstić information content (AvgIpc) is 2.67.